The van der Waals surface area contributed by atoms with Gasteiger partial charge in [0.05, 0.1) is 12.4 Å². The van der Waals surface area contributed by atoms with E-state index < -0.39 is 144 Å². The van der Waals surface area contributed by atoms with E-state index in [9.17, 15) is 57.5 Å². The summed E-state index contributed by atoms with van der Waals surface area (Å²) in [7, 11) is 0. The first-order valence-corrected chi connectivity index (χ1v) is 18.7. The van der Waals surface area contributed by atoms with E-state index in [2.05, 4.69) is 17.1 Å². The number of rotatable bonds is 8. The van der Waals surface area contributed by atoms with Crippen LogP contribution in [0.5, 0.6) is 0 Å². The number of nitrogens with zero attached hydrogens (tertiary/aromatic N) is 2. The van der Waals surface area contributed by atoms with Crippen molar-refractivity contribution in [3.63, 3.8) is 0 Å². The quantitative estimate of drug-likeness (QED) is 0.0381. The van der Waals surface area contributed by atoms with Crippen molar-refractivity contribution in [1.82, 2.24) is 4.98 Å². The molecule has 0 atom stereocenters. The summed E-state index contributed by atoms with van der Waals surface area (Å²) in [6.07, 6.45) is 6.43. The van der Waals surface area contributed by atoms with Gasteiger partial charge < -0.3 is 0 Å². The smallest absolute Gasteiger partial charge is 0.227 e. The molecule has 0 aliphatic heterocycles. The van der Waals surface area contributed by atoms with E-state index in [0.29, 0.717) is 12.5 Å². The average molecular weight is 960 g/mol. The Morgan fingerprint density at radius 1 is 0.424 bits per heavy atom. The van der Waals surface area contributed by atoms with Crippen LogP contribution >= 0.6 is 0 Å². The minimum absolute atomic E-state index is 0.140. The van der Waals surface area contributed by atoms with Gasteiger partial charge in [-0.2, -0.15) is 4.57 Å². The molecule has 0 amide bonds. The number of carbonyl (C=O) groups is 1. The van der Waals surface area contributed by atoms with Crippen LogP contribution in [-0.2, 0) is 6.54 Å². The molecule has 0 spiro atoms. The van der Waals surface area contributed by atoms with Gasteiger partial charge in [0.15, 0.2) is 82.2 Å². The second kappa shape index (κ2) is 18.8. The first-order valence-electron chi connectivity index (χ1n) is 18.7. The second-order valence-electron chi connectivity index (χ2n) is 14.6. The van der Waals surface area contributed by atoms with Crippen molar-refractivity contribution >= 4 is 33.8 Å². The van der Waals surface area contributed by atoms with Crippen LogP contribution < -0.4 is 26.4 Å². The molecule has 0 unspecified atom stereocenters. The number of benzene rings is 5. The minimum atomic E-state index is -7.22. The van der Waals surface area contributed by atoms with E-state index in [1.165, 1.54) is 37.7 Å². The summed E-state index contributed by atoms with van der Waals surface area (Å²) in [6.45, 7) is 0.366. The second-order valence-corrected chi connectivity index (χ2v) is 14.6. The van der Waals surface area contributed by atoms with Gasteiger partial charge in [-0.25, -0.2) is 87.8 Å². The van der Waals surface area contributed by atoms with Crippen molar-refractivity contribution < 1.29 is 97.2 Å². The summed E-state index contributed by atoms with van der Waals surface area (Å²) >= 11 is 0. The van der Waals surface area contributed by atoms with Crippen molar-refractivity contribution in [1.29, 1.82) is 0 Å². The van der Waals surface area contributed by atoms with Gasteiger partial charge >= 0.3 is 0 Å². The fourth-order valence-corrected chi connectivity index (χ4v) is 7.96. The number of hydrogen-bond acceptors (Lipinski definition) is 2. The Morgan fingerprint density at radius 3 is 0.985 bits per heavy atom. The highest BCUT2D eigenvalue weighted by atomic mass is 19.2. The summed E-state index contributed by atoms with van der Waals surface area (Å²) in [6, 6.07) is 8.24. The maximum absolute atomic E-state index is 15.4. The molecular formula is C42H21BF20N2O. The molecule has 7 rings (SSSR count). The number of halogens is 20. The lowest BCUT2D eigenvalue weighted by atomic mass is 9.12. The van der Waals surface area contributed by atoms with Crippen LogP contribution in [0.1, 0.15) is 53.9 Å². The van der Waals surface area contributed by atoms with Crippen LogP contribution in [0, 0.1) is 116 Å². The first-order chi connectivity index (χ1) is 31.0. The summed E-state index contributed by atoms with van der Waals surface area (Å²) < 4.78 is 296. The molecule has 3 nitrogen and oxygen atoms in total. The van der Waals surface area contributed by atoms with Crippen LogP contribution in [-0.4, -0.2) is 16.9 Å². The zero-order valence-electron chi connectivity index (χ0n) is 32.4. The van der Waals surface area contributed by atoms with Crippen LogP contribution in [0.15, 0.2) is 49.1 Å². The Kier molecular flexibility index (Phi) is 13.9. The molecular weight excluding hydrogens is 939 g/mol. The summed E-state index contributed by atoms with van der Waals surface area (Å²) in [5.41, 5.74) is -12.1. The van der Waals surface area contributed by atoms with Gasteiger partial charge in [-0.15, -0.1) is 21.9 Å². The van der Waals surface area contributed by atoms with Crippen LogP contribution in [0.3, 0.4) is 0 Å². The normalized spacial score (nSPS) is 13.2. The zero-order chi connectivity index (χ0) is 48.8. The lowest BCUT2D eigenvalue weighted by Crippen LogP contribution is -2.81. The third-order valence-corrected chi connectivity index (χ3v) is 11.0. The predicted octanol–water partition coefficient (Wildman–Crippen LogP) is 9.15. The Bertz CT molecular complexity index is 2510. The van der Waals surface area contributed by atoms with E-state index in [-0.39, 0.29) is 5.78 Å². The zero-order valence-corrected chi connectivity index (χ0v) is 32.4. The molecule has 0 N–H and O–H groups in total. The molecule has 0 radical (unpaired) electrons. The van der Waals surface area contributed by atoms with E-state index in [0.717, 1.165) is 5.56 Å². The van der Waals surface area contributed by atoms with E-state index in [4.69, 9.17) is 0 Å². The Labute approximate surface area is 356 Å². The number of Topliss-reactive ketones (excluding diaryl/α,β-unsaturated/α-hetero) is 1. The molecule has 6 aromatic rings. The topological polar surface area (TPSA) is 33.8 Å². The third-order valence-electron chi connectivity index (χ3n) is 11.0. The van der Waals surface area contributed by atoms with Gasteiger partial charge in [0, 0.05) is 5.56 Å². The molecule has 1 aromatic heterocycles. The number of ketones is 1. The highest BCUT2D eigenvalue weighted by molar-refractivity contribution is 7.20. The molecule has 1 heterocycles. The lowest BCUT2D eigenvalue weighted by Gasteiger charge is -2.44. The molecule has 5 aromatic carbocycles. The Balaban J connectivity index is 0.000000284. The monoisotopic (exact) mass is 960 g/mol. The lowest BCUT2D eigenvalue weighted by molar-refractivity contribution is -0.683. The number of hydrogen-bond donors (Lipinski definition) is 0. The number of carbonyl (C=O) groups excluding carboxylic acids is 1. The van der Waals surface area contributed by atoms with Crippen LogP contribution in [0.25, 0.3) is 0 Å². The van der Waals surface area contributed by atoms with Crippen molar-refractivity contribution in [3.05, 3.63) is 177 Å². The molecule has 0 saturated heterocycles. The van der Waals surface area contributed by atoms with Crippen molar-refractivity contribution in [3.8, 4) is 0 Å². The summed E-state index contributed by atoms with van der Waals surface area (Å²) in [4.78, 5) is 16.2. The molecule has 0 bridgehead atoms. The van der Waals surface area contributed by atoms with Gasteiger partial charge in [-0.05, 0) is 24.3 Å². The van der Waals surface area contributed by atoms with Gasteiger partial charge in [-0.3, -0.25) is 9.78 Å². The maximum Gasteiger partial charge on any atom is 0.227 e. The molecule has 1 aliphatic rings. The minimum Gasteiger partial charge on any atom is -0.287 e. The fourth-order valence-electron chi connectivity index (χ4n) is 7.96. The fraction of sp³-hybridized carbons (Fsp3) is 0.167. The highest BCUT2D eigenvalue weighted by Gasteiger charge is 2.52. The van der Waals surface area contributed by atoms with E-state index in [1.54, 1.807) is 12.4 Å². The van der Waals surface area contributed by atoms with Gasteiger partial charge in [0.2, 0.25) is 12.3 Å². The molecule has 348 valence electrons. The van der Waals surface area contributed by atoms with Gasteiger partial charge in [-0.1, -0.05) is 43.5 Å². The SMILES string of the molecule is Fc1c(F)c(F)c([B-](c2c(F)c(F)c(F)c(F)c2F)(c2c(F)c(F)c(F)c(F)c2F)c2c(F)c(F)c(F)c(F)c2F)c(F)c1F.O=C(C[n+]1ccncc1)c1ccc(C2CCCCC2)cc1. The molecule has 66 heavy (non-hydrogen) atoms. The highest BCUT2D eigenvalue weighted by Crippen LogP contribution is 2.33. The number of aromatic nitrogens is 2. The molecule has 1 fully saturated rings. The third kappa shape index (κ3) is 8.00. The van der Waals surface area contributed by atoms with Crippen molar-refractivity contribution in [2.24, 2.45) is 0 Å². The Morgan fingerprint density at radius 2 is 0.697 bits per heavy atom. The van der Waals surface area contributed by atoms with E-state index >= 15 is 35.1 Å². The van der Waals surface area contributed by atoms with Crippen molar-refractivity contribution in [2.45, 2.75) is 44.6 Å². The van der Waals surface area contributed by atoms with E-state index in [1.807, 2.05) is 29.1 Å². The van der Waals surface area contributed by atoms with Crippen LogP contribution in [0.4, 0.5) is 87.8 Å². The van der Waals surface area contributed by atoms with Crippen LogP contribution in [0.2, 0.25) is 0 Å². The standard InChI is InChI=1S/C24BF20.C18H21N2O/c26-5-1(6(27)14(35)21(42)13(5)34)25(2-7(28)15(36)22(43)16(37)8(2)29,3-9(30)17(38)23(44)18(39)10(3)31)4-11(32)19(40)24(45)20(41)12(4)33;21-18(14-20-12-10-19-11-13-20)17-8-6-16(7-9-17)15-4-2-1-3-5-15/h;6-13,15H,1-5,14H2/q-1;+1. The van der Waals surface area contributed by atoms with Crippen molar-refractivity contribution in [2.75, 3.05) is 0 Å². The summed E-state index contributed by atoms with van der Waals surface area (Å²) in [5.74, 6) is -70.6. The average Bonchev–Trinajstić information content (AvgIpc) is 3.32. The predicted molar refractivity (Wildman–Crippen MR) is 190 cm³/mol. The Hall–Kier alpha value is -6.49. The molecule has 24 heteroatoms. The maximum atomic E-state index is 15.4. The molecule has 1 saturated carbocycles. The molecule has 1 aliphatic carbocycles. The van der Waals surface area contributed by atoms with Gasteiger partial charge in [0.1, 0.15) is 52.7 Å². The first kappa shape index (κ1) is 49.0. The van der Waals surface area contributed by atoms with Gasteiger partial charge in [0.25, 0.3) is 0 Å². The largest absolute Gasteiger partial charge is 0.287 e. The summed E-state index contributed by atoms with van der Waals surface area (Å²) in [5, 5.41) is 0.